The molecule has 8 heteroatoms. The van der Waals surface area contributed by atoms with Crippen molar-refractivity contribution in [3.8, 4) is 0 Å². The Kier molecular flexibility index (Phi) is 7.17. The lowest BCUT2D eigenvalue weighted by atomic mass is 9.99. The molecule has 0 spiro atoms. The Balaban J connectivity index is 1.71. The molecule has 0 unspecified atom stereocenters. The first-order chi connectivity index (χ1) is 17.3. The van der Waals surface area contributed by atoms with Crippen LogP contribution in [0.2, 0.25) is 0 Å². The number of fused-ring (bicyclic) bond motifs is 1. The number of carbonyl (C=O) groups is 3. The molecule has 3 aromatic rings. The molecule has 2 amide bonds. The van der Waals surface area contributed by atoms with Crippen molar-refractivity contribution in [1.82, 2.24) is 4.90 Å². The second kappa shape index (κ2) is 10.5. The fourth-order valence-corrected chi connectivity index (χ4v) is 3.98. The summed E-state index contributed by atoms with van der Waals surface area (Å²) in [6.07, 6.45) is 0. The molecular weight excluding hydrogens is 456 g/mol. The normalized spacial score (nSPS) is 13.6. The number of methoxy groups -OCH3 is 1. The van der Waals surface area contributed by atoms with Crippen molar-refractivity contribution in [3.63, 3.8) is 0 Å². The van der Waals surface area contributed by atoms with Crippen LogP contribution >= 0.6 is 0 Å². The fourth-order valence-electron chi connectivity index (χ4n) is 3.98. The second-order valence-electron chi connectivity index (χ2n) is 8.68. The number of nitrogens with zero attached hydrogens (tertiary/aromatic N) is 2. The third-order valence-electron chi connectivity index (χ3n) is 5.85. The summed E-state index contributed by atoms with van der Waals surface area (Å²) >= 11 is 0. The monoisotopic (exact) mass is 484 g/mol. The highest BCUT2D eigenvalue weighted by Gasteiger charge is 2.29. The predicted molar refractivity (Wildman–Crippen MR) is 142 cm³/mol. The van der Waals surface area contributed by atoms with Crippen molar-refractivity contribution < 1.29 is 19.1 Å². The largest absolute Gasteiger partial charge is 0.465 e. The molecule has 4 rings (SSSR count). The van der Waals surface area contributed by atoms with E-state index in [1.807, 2.05) is 73.6 Å². The molecule has 8 nitrogen and oxygen atoms in total. The number of amides is 2. The van der Waals surface area contributed by atoms with Crippen LogP contribution < -0.4 is 15.5 Å². The topological polar surface area (TPSA) is 91.0 Å². The summed E-state index contributed by atoms with van der Waals surface area (Å²) in [5, 5.41) is 6.26. The van der Waals surface area contributed by atoms with E-state index in [0.717, 1.165) is 16.9 Å². The molecular formula is C28H28N4O4. The lowest BCUT2D eigenvalue weighted by Crippen LogP contribution is -2.34. The summed E-state index contributed by atoms with van der Waals surface area (Å²) in [5.74, 6) is -0.762. The van der Waals surface area contributed by atoms with Gasteiger partial charge in [-0.2, -0.15) is 0 Å². The van der Waals surface area contributed by atoms with Crippen molar-refractivity contribution in [3.05, 3.63) is 89.5 Å². The molecule has 0 radical (unpaired) electrons. The van der Waals surface area contributed by atoms with E-state index in [1.54, 1.807) is 30.1 Å². The van der Waals surface area contributed by atoms with E-state index in [-0.39, 0.29) is 11.8 Å². The minimum atomic E-state index is -0.472. The van der Waals surface area contributed by atoms with Gasteiger partial charge in [0.1, 0.15) is 0 Å². The maximum Gasteiger partial charge on any atom is 0.337 e. The van der Waals surface area contributed by atoms with Gasteiger partial charge in [0.25, 0.3) is 5.91 Å². The highest BCUT2D eigenvalue weighted by atomic mass is 16.5. The lowest BCUT2D eigenvalue weighted by molar-refractivity contribution is -0.119. The minimum Gasteiger partial charge on any atom is -0.465 e. The number of rotatable bonds is 7. The molecule has 1 aliphatic heterocycles. The van der Waals surface area contributed by atoms with Crippen molar-refractivity contribution in [2.75, 3.05) is 50.3 Å². The van der Waals surface area contributed by atoms with Crippen LogP contribution in [0.3, 0.4) is 0 Å². The Morgan fingerprint density at radius 1 is 0.917 bits per heavy atom. The van der Waals surface area contributed by atoms with Crippen molar-refractivity contribution >= 4 is 46.1 Å². The van der Waals surface area contributed by atoms with E-state index in [1.165, 1.54) is 7.11 Å². The van der Waals surface area contributed by atoms with Crippen LogP contribution in [0.1, 0.15) is 21.5 Å². The Labute approximate surface area is 210 Å². The molecule has 0 atom stereocenters. The van der Waals surface area contributed by atoms with Crippen LogP contribution in [0.4, 0.5) is 17.1 Å². The average Bonchev–Trinajstić information content (AvgIpc) is 3.21. The van der Waals surface area contributed by atoms with Crippen LogP contribution in [0.25, 0.3) is 11.3 Å². The van der Waals surface area contributed by atoms with Gasteiger partial charge in [-0.3, -0.25) is 9.59 Å². The maximum absolute atomic E-state index is 13.1. The standard InChI is InChI=1S/C28H28N4O4/c1-31(2)17-24(33)32(3)21-13-11-20(12-14-21)29-26(18-8-6-5-7-9-18)25-22-15-10-19(28(35)36-4)16-23(22)30-27(25)34/h5-16,29H,17H2,1-4H3,(H,30,34)/b26-25-. The molecule has 1 heterocycles. The Morgan fingerprint density at radius 3 is 2.25 bits per heavy atom. The van der Waals surface area contributed by atoms with Crippen LogP contribution in [-0.2, 0) is 14.3 Å². The number of esters is 1. The summed E-state index contributed by atoms with van der Waals surface area (Å²) in [5.41, 5.74) is 5.03. The summed E-state index contributed by atoms with van der Waals surface area (Å²) in [6, 6.07) is 22.0. The van der Waals surface area contributed by atoms with Gasteiger partial charge in [-0.25, -0.2) is 4.79 Å². The zero-order chi connectivity index (χ0) is 25.8. The van der Waals surface area contributed by atoms with E-state index >= 15 is 0 Å². The van der Waals surface area contributed by atoms with Crippen molar-refractivity contribution in [1.29, 1.82) is 0 Å². The van der Waals surface area contributed by atoms with Crippen LogP contribution in [0.15, 0.2) is 72.8 Å². The zero-order valence-electron chi connectivity index (χ0n) is 20.7. The zero-order valence-corrected chi connectivity index (χ0v) is 20.7. The van der Waals surface area contributed by atoms with Crippen molar-refractivity contribution in [2.45, 2.75) is 0 Å². The van der Waals surface area contributed by atoms with Gasteiger partial charge in [-0.15, -0.1) is 0 Å². The Morgan fingerprint density at radius 2 is 1.61 bits per heavy atom. The summed E-state index contributed by atoms with van der Waals surface area (Å²) < 4.78 is 4.80. The number of hydrogen-bond donors (Lipinski definition) is 2. The summed E-state index contributed by atoms with van der Waals surface area (Å²) in [7, 11) is 6.77. The SMILES string of the molecule is COC(=O)c1ccc2c(c1)NC(=O)/C2=C(\Nc1ccc(N(C)C(=O)CN(C)C)cc1)c1ccccc1. The first-order valence-electron chi connectivity index (χ1n) is 11.4. The van der Waals surface area contributed by atoms with E-state index in [4.69, 9.17) is 4.74 Å². The highest BCUT2D eigenvalue weighted by Crippen LogP contribution is 2.38. The molecule has 0 saturated carbocycles. The molecule has 0 bridgehead atoms. The van der Waals surface area contributed by atoms with Gasteiger partial charge in [0.15, 0.2) is 0 Å². The van der Waals surface area contributed by atoms with E-state index < -0.39 is 5.97 Å². The van der Waals surface area contributed by atoms with E-state index in [9.17, 15) is 14.4 Å². The smallest absolute Gasteiger partial charge is 0.337 e. The van der Waals surface area contributed by atoms with Gasteiger partial charge in [-0.1, -0.05) is 36.4 Å². The molecule has 1 aliphatic rings. The van der Waals surface area contributed by atoms with Gasteiger partial charge >= 0.3 is 5.97 Å². The van der Waals surface area contributed by atoms with E-state index in [0.29, 0.717) is 34.6 Å². The number of ether oxygens (including phenoxy) is 1. The number of carbonyl (C=O) groups excluding carboxylic acids is 3. The molecule has 0 saturated heterocycles. The quantitative estimate of drug-likeness (QED) is 0.390. The Hall–Kier alpha value is -4.43. The van der Waals surface area contributed by atoms with Crippen molar-refractivity contribution in [2.24, 2.45) is 0 Å². The highest BCUT2D eigenvalue weighted by molar-refractivity contribution is 6.37. The molecule has 36 heavy (non-hydrogen) atoms. The Bertz CT molecular complexity index is 1330. The summed E-state index contributed by atoms with van der Waals surface area (Å²) in [4.78, 5) is 40.9. The van der Waals surface area contributed by atoms with Gasteiger partial charge in [0, 0.05) is 24.0 Å². The molecule has 2 N–H and O–H groups in total. The first-order valence-corrected chi connectivity index (χ1v) is 11.4. The second-order valence-corrected chi connectivity index (χ2v) is 8.68. The molecule has 3 aromatic carbocycles. The number of nitrogens with one attached hydrogen (secondary N) is 2. The first kappa shape index (κ1) is 24.7. The number of benzene rings is 3. The van der Waals surface area contributed by atoms with Gasteiger partial charge < -0.3 is 25.2 Å². The van der Waals surface area contributed by atoms with Gasteiger partial charge in [0.05, 0.1) is 36.2 Å². The summed E-state index contributed by atoms with van der Waals surface area (Å²) in [6.45, 7) is 0.312. The predicted octanol–water partition coefficient (Wildman–Crippen LogP) is 3.93. The third kappa shape index (κ3) is 5.13. The average molecular weight is 485 g/mol. The number of anilines is 3. The molecule has 184 valence electrons. The van der Waals surface area contributed by atoms with Crippen LogP contribution in [0.5, 0.6) is 0 Å². The number of hydrogen-bond acceptors (Lipinski definition) is 6. The van der Waals surface area contributed by atoms with Crippen LogP contribution in [-0.4, -0.2) is 57.5 Å². The third-order valence-corrected chi connectivity index (χ3v) is 5.85. The fraction of sp³-hybridized carbons (Fsp3) is 0.179. The van der Waals surface area contributed by atoms with Gasteiger partial charge in [-0.05, 0) is 56.1 Å². The molecule has 0 fully saturated rings. The number of likely N-dealkylation sites (N-methyl/N-ethyl adjacent to an activating group) is 2. The van der Waals surface area contributed by atoms with E-state index in [2.05, 4.69) is 10.6 Å². The molecule has 0 aliphatic carbocycles. The minimum absolute atomic E-state index is 0.0154. The lowest BCUT2D eigenvalue weighted by Gasteiger charge is -2.20. The molecule has 0 aromatic heterocycles. The maximum atomic E-state index is 13.1. The van der Waals surface area contributed by atoms with Crippen LogP contribution in [0, 0.1) is 0 Å². The van der Waals surface area contributed by atoms with Gasteiger partial charge in [0.2, 0.25) is 5.91 Å².